The Bertz CT molecular complexity index is 1880. The van der Waals surface area contributed by atoms with Crippen LogP contribution in [0.4, 0.5) is 5.69 Å². The number of amides is 3. The molecule has 2 aliphatic rings. The number of hydrogen-bond donors (Lipinski definition) is 4. The number of imidazole rings is 1. The maximum Gasteiger partial charge on any atom is 0.243 e. The fraction of sp³-hybridized carbons (Fsp3) is 0.571. The quantitative estimate of drug-likeness (QED) is 0.112. The zero-order chi connectivity index (χ0) is 40.0. The summed E-state index contributed by atoms with van der Waals surface area (Å²) in [5.74, 6) is 3.18. The summed E-state index contributed by atoms with van der Waals surface area (Å²) in [4.78, 5) is 51.5. The van der Waals surface area contributed by atoms with Crippen molar-refractivity contribution in [3.63, 3.8) is 0 Å². The summed E-state index contributed by atoms with van der Waals surface area (Å²) < 4.78 is 6.57. The van der Waals surface area contributed by atoms with E-state index in [2.05, 4.69) is 126 Å². The van der Waals surface area contributed by atoms with Crippen LogP contribution in [0.25, 0.3) is 22.4 Å². The number of fused-ring (bicyclic) bond motifs is 1. The van der Waals surface area contributed by atoms with Gasteiger partial charge in [0.15, 0.2) is 5.66 Å². The van der Waals surface area contributed by atoms with Crippen molar-refractivity contribution in [2.75, 3.05) is 57.8 Å². The van der Waals surface area contributed by atoms with Gasteiger partial charge in [-0.15, -0.1) is 6.42 Å². The van der Waals surface area contributed by atoms with Crippen LogP contribution < -0.4 is 25.6 Å². The zero-order valence-electron chi connectivity index (χ0n) is 33.9. The van der Waals surface area contributed by atoms with Gasteiger partial charge in [-0.3, -0.25) is 14.4 Å². The van der Waals surface area contributed by atoms with Crippen molar-refractivity contribution < 1.29 is 19.1 Å². The molecule has 1 aromatic heterocycles. The third-order valence-electron chi connectivity index (χ3n) is 10.1. The molecule has 13 heteroatoms. The molecule has 4 N–H and O–H groups in total. The Morgan fingerprint density at radius 3 is 2.25 bits per heavy atom. The monoisotopic (exact) mass is 753 g/mol. The first-order valence-corrected chi connectivity index (χ1v) is 19.4. The van der Waals surface area contributed by atoms with Crippen LogP contribution in [0.2, 0.25) is 0 Å². The Labute approximate surface area is 325 Å². The van der Waals surface area contributed by atoms with Crippen molar-refractivity contribution >= 4 is 34.4 Å². The van der Waals surface area contributed by atoms with Crippen molar-refractivity contribution in [2.24, 2.45) is 10.2 Å². The number of H-pyrrole nitrogens is 1. The summed E-state index contributed by atoms with van der Waals surface area (Å²) in [6.07, 6.45) is 6.91. The molecule has 13 nitrogen and oxygen atoms in total. The third kappa shape index (κ3) is 11.3. The minimum atomic E-state index is -0.834. The van der Waals surface area contributed by atoms with Crippen LogP contribution in [0.1, 0.15) is 91.7 Å². The summed E-state index contributed by atoms with van der Waals surface area (Å²) in [6.45, 7) is 19.6. The lowest BCUT2D eigenvalue weighted by Gasteiger charge is -2.34. The van der Waals surface area contributed by atoms with Crippen molar-refractivity contribution in [3.8, 4) is 29.5 Å². The minimum Gasteiger partial charge on any atom is -0.493 e. The SMILES string of the molecule is C#CCNC(=O)[C@H](CCNC(=O)CCCOc1c(C(C)(C)C)cc(-c2nc3ccc(N4CCN(C)CC4)cc3[nH]2)cc1C(C)(C)C)NC(=O)CCC1(C)N=N1. The van der Waals surface area contributed by atoms with Crippen LogP contribution >= 0.6 is 0 Å². The van der Waals surface area contributed by atoms with Crippen LogP contribution in [-0.4, -0.2) is 97.2 Å². The van der Waals surface area contributed by atoms with Gasteiger partial charge in [0.1, 0.15) is 17.6 Å². The standard InChI is InChI=1S/C42H59N9O4/c1-10-18-44-39(54)33(45-36(53)15-17-42(8)48-49-42)16-19-43-35(52)12-11-24-55-37-30(40(2,3)4)25-28(26-31(37)41(5,6)7)38-46-32-14-13-29(27-34(32)47-38)51-22-20-50(9)21-23-51/h1,13-14,25-27,33H,11-12,15-24H2,2-9H3,(H,43,52)(H,44,54)(H,45,53)(H,46,47)/t33-/m0/s1. The fourth-order valence-corrected chi connectivity index (χ4v) is 6.61. The van der Waals surface area contributed by atoms with Gasteiger partial charge in [-0.1, -0.05) is 47.5 Å². The predicted molar refractivity (Wildman–Crippen MR) is 217 cm³/mol. The highest BCUT2D eigenvalue weighted by atomic mass is 16.5. The second-order valence-electron chi connectivity index (χ2n) is 17.0. The van der Waals surface area contributed by atoms with E-state index in [0.29, 0.717) is 19.4 Å². The maximum absolute atomic E-state index is 12.9. The first kappa shape index (κ1) is 41.2. The van der Waals surface area contributed by atoms with Crippen molar-refractivity contribution in [2.45, 2.75) is 103 Å². The molecule has 0 unspecified atom stereocenters. The van der Waals surface area contributed by atoms with Gasteiger partial charge in [0, 0.05) is 74.4 Å². The Hall–Kier alpha value is -4.96. The second-order valence-corrected chi connectivity index (χ2v) is 17.0. The highest BCUT2D eigenvalue weighted by molar-refractivity contribution is 5.88. The summed E-state index contributed by atoms with van der Waals surface area (Å²) in [6, 6.07) is 10.0. The van der Waals surface area contributed by atoms with Crippen LogP contribution in [0.15, 0.2) is 40.6 Å². The molecule has 3 amide bonds. The number of anilines is 1. The number of likely N-dealkylation sites (N-methyl/N-ethyl adjacent to an activating group) is 1. The van der Waals surface area contributed by atoms with Crippen molar-refractivity contribution in [3.05, 3.63) is 41.5 Å². The number of piperazine rings is 1. The number of benzene rings is 2. The van der Waals surface area contributed by atoms with E-state index in [0.717, 1.165) is 65.5 Å². The lowest BCUT2D eigenvalue weighted by molar-refractivity contribution is -0.129. The first-order chi connectivity index (χ1) is 26.0. The fourth-order valence-electron chi connectivity index (χ4n) is 6.61. The number of ether oxygens (including phenoxy) is 1. The first-order valence-electron chi connectivity index (χ1n) is 19.4. The van der Waals surface area contributed by atoms with Crippen molar-refractivity contribution in [1.29, 1.82) is 0 Å². The highest BCUT2D eigenvalue weighted by Crippen LogP contribution is 2.43. The molecule has 1 atom stereocenters. The molecule has 5 rings (SSSR count). The second kappa shape index (κ2) is 17.2. The molecule has 296 valence electrons. The van der Waals surface area contributed by atoms with Gasteiger partial charge in [-0.2, -0.15) is 10.2 Å². The van der Waals surface area contributed by atoms with E-state index in [1.807, 2.05) is 6.92 Å². The molecular weight excluding hydrogens is 695 g/mol. The van der Waals surface area contributed by atoms with Crippen LogP contribution in [0.3, 0.4) is 0 Å². The number of nitrogens with one attached hydrogen (secondary N) is 4. The highest BCUT2D eigenvalue weighted by Gasteiger charge is 2.34. The summed E-state index contributed by atoms with van der Waals surface area (Å²) in [7, 11) is 2.17. The lowest BCUT2D eigenvalue weighted by atomic mass is 9.78. The van der Waals surface area contributed by atoms with E-state index >= 15 is 0 Å². The minimum absolute atomic E-state index is 0.0437. The molecule has 0 spiro atoms. The number of aromatic amines is 1. The van der Waals surface area contributed by atoms with E-state index in [1.165, 1.54) is 5.69 Å². The molecule has 0 aliphatic carbocycles. The Morgan fingerprint density at radius 1 is 0.964 bits per heavy atom. The molecule has 0 radical (unpaired) electrons. The van der Waals surface area contributed by atoms with Gasteiger partial charge in [0.25, 0.3) is 0 Å². The summed E-state index contributed by atoms with van der Waals surface area (Å²) in [5, 5.41) is 16.1. The van der Waals surface area contributed by atoms with E-state index in [4.69, 9.17) is 16.1 Å². The van der Waals surface area contributed by atoms with Gasteiger partial charge in [0.2, 0.25) is 17.7 Å². The molecular formula is C42H59N9O4. The van der Waals surface area contributed by atoms with Gasteiger partial charge < -0.3 is 35.5 Å². The molecule has 2 aliphatic heterocycles. The lowest BCUT2D eigenvalue weighted by Crippen LogP contribution is -2.48. The number of carbonyl (C=O) groups is 3. The molecule has 0 saturated carbocycles. The van der Waals surface area contributed by atoms with Crippen LogP contribution in [0.5, 0.6) is 5.75 Å². The third-order valence-corrected chi connectivity index (χ3v) is 10.1. The van der Waals surface area contributed by atoms with Gasteiger partial charge >= 0.3 is 0 Å². The van der Waals surface area contributed by atoms with Gasteiger partial charge in [0.05, 0.1) is 24.2 Å². The summed E-state index contributed by atoms with van der Waals surface area (Å²) in [5.41, 5.74) is 5.33. The number of aromatic nitrogens is 2. The van der Waals surface area contributed by atoms with E-state index < -0.39 is 17.6 Å². The normalized spacial score (nSPS) is 16.0. The number of carbonyl (C=O) groups excluding carboxylic acids is 3. The average molecular weight is 754 g/mol. The molecule has 1 saturated heterocycles. The number of hydrogen-bond acceptors (Lipinski definition) is 9. The Morgan fingerprint density at radius 2 is 1.64 bits per heavy atom. The molecule has 55 heavy (non-hydrogen) atoms. The maximum atomic E-state index is 12.9. The zero-order valence-corrected chi connectivity index (χ0v) is 33.9. The molecule has 3 heterocycles. The van der Waals surface area contributed by atoms with Crippen LogP contribution in [0, 0.1) is 12.3 Å². The largest absolute Gasteiger partial charge is 0.493 e. The summed E-state index contributed by atoms with van der Waals surface area (Å²) >= 11 is 0. The molecule has 3 aromatic rings. The number of nitrogens with zero attached hydrogens (tertiary/aromatic N) is 5. The van der Waals surface area contributed by atoms with E-state index in [1.54, 1.807) is 0 Å². The van der Waals surface area contributed by atoms with Crippen molar-refractivity contribution in [1.82, 2.24) is 30.8 Å². The molecule has 1 fully saturated rings. The van der Waals surface area contributed by atoms with E-state index in [-0.39, 0.29) is 55.0 Å². The Kier molecular flexibility index (Phi) is 12.9. The predicted octanol–water partition coefficient (Wildman–Crippen LogP) is 5.44. The van der Waals surface area contributed by atoms with Crippen LogP contribution in [-0.2, 0) is 25.2 Å². The van der Waals surface area contributed by atoms with E-state index in [9.17, 15) is 14.4 Å². The van der Waals surface area contributed by atoms with Gasteiger partial charge in [-0.25, -0.2) is 4.98 Å². The number of rotatable bonds is 16. The average Bonchev–Trinajstić information content (AvgIpc) is 3.71. The number of terminal acetylenes is 1. The Balaban J connectivity index is 1.21. The molecule has 2 aromatic carbocycles. The smallest absolute Gasteiger partial charge is 0.243 e. The topological polar surface area (TPSA) is 156 Å². The van der Waals surface area contributed by atoms with Gasteiger partial charge in [-0.05, 0) is 68.0 Å². The molecule has 0 bridgehead atoms.